The zero-order valence-corrected chi connectivity index (χ0v) is 19.1. The first-order valence-electron chi connectivity index (χ1n) is 9.46. The summed E-state index contributed by atoms with van der Waals surface area (Å²) in [5.74, 6) is 0. The fraction of sp³-hybridized carbons (Fsp3) is 0.231. The highest BCUT2D eigenvalue weighted by Gasteiger charge is 2.07. The molecule has 1 aromatic carbocycles. The molecule has 1 aromatic heterocycles. The number of benzene rings is 1. The average Bonchev–Trinajstić information content (AvgIpc) is 3.09. The van der Waals surface area contributed by atoms with Gasteiger partial charge in [-0.1, -0.05) is 66.8 Å². The van der Waals surface area contributed by atoms with Gasteiger partial charge in [-0.15, -0.1) is 23.1 Å². The van der Waals surface area contributed by atoms with Gasteiger partial charge in [-0.05, 0) is 61.9 Å². The Bertz CT molecular complexity index is 898. The molecule has 0 bridgehead atoms. The molecular formula is C26H30S2. The van der Waals surface area contributed by atoms with Crippen molar-refractivity contribution < 1.29 is 0 Å². The summed E-state index contributed by atoms with van der Waals surface area (Å²) in [5.41, 5.74) is 6.35. The average molecular weight is 407 g/mol. The van der Waals surface area contributed by atoms with Crippen molar-refractivity contribution in [2.75, 3.05) is 6.26 Å². The number of thioether (sulfide) groups is 1. The number of rotatable bonds is 9. The van der Waals surface area contributed by atoms with Crippen molar-refractivity contribution in [1.82, 2.24) is 0 Å². The molecule has 0 saturated carbocycles. The molecule has 0 spiro atoms. The number of aryl methyl sites for hydroxylation is 1. The lowest BCUT2D eigenvalue weighted by Gasteiger charge is -2.09. The summed E-state index contributed by atoms with van der Waals surface area (Å²) in [6, 6.07) is 13.3. The number of thiophene rings is 1. The summed E-state index contributed by atoms with van der Waals surface area (Å²) in [7, 11) is 0. The predicted molar refractivity (Wildman–Crippen MR) is 130 cm³/mol. The first-order valence-corrected chi connectivity index (χ1v) is 11.5. The molecule has 0 nitrogen and oxygen atoms in total. The van der Waals surface area contributed by atoms with Crippen LogP contribution in [0.1, 0.15) is 34.7 Å². The van der Waals surface area contributed by atoms with E-state index in [0.717, 1.165) is 18.4 Å². The van der Waals surface area contributed by atoms with Gasteiger partial charge >= 0.3 is 0 Å². The van der Waals surface area contributed by atoms with Crippen molar-refractivity contribution in [1.29, 1.82) is 0 Å². The van der Waals surface area contributed by atoms with E-state index in [-0.39, 0.29) is 0 Å². The van der Waals surface area contributed by atoms with Gasteiger partial charge < -0.3 is 0 Å². The predicted octanol–water partition coefficient (Wildman–Crippen LogP) is 8.07. The number of hydrogen-bond donors (Lipinski definition) is 0. The first-order chi connectivity index (χ1) is 13.4. The maximum atomic E-state index is 4.31. The van der Waals surface area contributed by atoms with Crippen LogP contribution in [0.2, 0.25) is 0 Å². The van der Waals surface area contributed by atoms with Crippen molar-refractivity contribution in [2.24, 2.45) is 0 Å². The monoisotopic (exact) mass is 406 g/mol. The van der Waals surface area contributed by atoms with Crippen molar-refractivity contribution in [2.45, 2.75) is 33.6 Å². The fourth-order valence-corrected chi connectivity index (χ4v) is 4.77. The Morgan fingerprint density at radius 2 is 1.75 bits per heavy atom. The van der Waals surface area contributed by atoms with E-state index in [1.165, 1.54) is 36.9 Å². The second kappa shape index (κ2) is 11.1. The summed E-state index contributed by atoms with van der Waals surface area (Å²) < 4.78 is 0. The minimum atomic E-state index is 0.893. The van der Waals surface area contributed by atoms with E-state index in [2.05, 4.69) is 88.7 Å². The number of hydrogen-bond acceptors (Lipinski definition) is 2. The molecule has 2 aromatic rings. The van der Waals surface area contributed by atoms with E-state index in [4.69, 9.17) is 0 Å². The van der Waals surface area contributed by atoms with Crippen molar-refractivity contribution in [3.63, 3.8) is 0 Å². The van der Waals surface area contributed by atoms with Crippen LogP contribution < -0.4 is 0 Å². The lowest BCUT2D eigenvalue weighted by atomic mass is 10.1. The molecule has 0 unspecified atom stereocenters. The quantitative estimate of drug-likeness (QED) is 0.379. The minimum Gasteiger partial charge on any atom is -0.145 e. The van der Waals surface area contributed by atoms with Crippen molar-refractivity contribution >= 4 is 23.1 Å². The van der Waals surface area contributed by atoms with Gasteiger partial charge in [0.05, 0.1) is 0 Å². The molecule has 0 aliphatic carbocycles. The zero-order chi connectivity index (χ0) is 20.5. The van der Waals surface area contributed by atoms with Gasteiger partial charge in [0.15, 0.2) is 0 Å². The highest BCUT2D eigenvalue weighted by Crippen LogP contribution is 2.29. The second-order valence-electron chi connectivity index (χ2n) is 7.09. The third kappa shape index (κ3) is 6.85. The van der Waals surface area contributed by atoms with E-state index in [1.54, 1.807) is 11.8 Å². The summed E-state index contributed by atoms with van der Waals surface area (Å²) >= 11 is 3.65. The molecule has 0 saturated heterocycles. The fourth-order valence-electron chi connectivity index (χ4n) is 2.89. The lowest BCUT2D eigenvalue weighted by Crippen LogP contribution is -1.89. The molecule has 146 valence electrons. The normalized spacial score (nSPS) is 11.6. The zero-order valence-electron chi connectivity index (χ0n) is 17.4. The Labute approximate surface area is 179 Å². The molecule has 28 heavy (non-hydrogen) atoms. The molecule has 2 heteroatoms. The smallest absolute Gasteiger partial charge is 0.0144 e. The summed E-state index contributed by atoms with van der Waals surface area (Å²) in [6.07, 6.45) is 12.2. The van der Waals surface area contributed by atoms with Crippen LogP contribution in [0.3, 0.4) is 0 Å². The summed E-state index contributed by atoms with van der Waals surface area (Å²) in [4.78, 5) is 4.02. The maximum absolute atomic E-state index is 4.31. The molecule has 0 amide bonds. The van der Waals surface area contributed by atoms with E-state index in [1.807, 2.05) is 23.5 Å². The highest BCUT2D eigenvalue weighted by molar-refractivity contribution is 8.02. The van der Waals surface area contributed by atoms with Crippen LogP contribution in [0.15, 0.2) is 95.5 Å². The van der Waals surface area contributed by atoms with E-state index >= 15 is 0 Å². The Balaban J connectivity index is 2.09. The van der Waals surface area contributed by atoms with E-state index < -0.39 is 0 Å². The lowest BCUT2D eigenvalue weighted by molar-refractivity contribution is 1.23. The molecule has 0 radical (unpaired) electrons. The van der Waals surface area contributed by atoms with Crippen LogP contribution in [0.5, 0.6) is 0 Å². The molecule has 1 heterocycles. The second-order valence-corrected chi connectivity index (χ2v) is 9.19. The van der Waals surface area contributed by atoms with Crippen molar-refractivity contribution in [3.8, 4) is 0 Å². The Kier molecular flexibility index (Phi) is 8.82. The van der Waals surface area contributed by atoms with E-state index in [0.29, 0.717) is 0 Å². The third-order valence-corrected chi connectivity index (χ3v) is 6.24. The molecule has 0 aliphatic rings. The Morgan fingerprint density at radius 1 is 1.07 bits per heavy atom. The molecule has 2 rings (SSSR count). The van der Waals surface area contributed by atoms with Gasteiger partial charge in [0.25, 0.3) is 0 Å². The standard InChI is InChI=1S/C26H30S2/c1-7-8-9-25(19(2)3)26(27-6)17-21(5)16-23-14-15-24(28-23)18-22-12-10-20(4)11-13-22/h7-15,17H,1,5,16,18H2,2-4,6H3/b9-8-,26-17-. The van der Waals surface area contributed by atoms with Crippen LogP contribution in [0.4, 0.5) is 0 Å². The van der Waals surface area contributed by atoms with Crippen LogP contribution in [-0.2, 0) is 12.8 Å². The van der Waals surface area contributed by atoms with Gasteiger partial charge in [-0.25, -0.2) is 0 Å². The number of allylic oxidation sites excluding steroid dienone is 7. The van der Waals surface area contributed by atoms with Gasteiger partial charge in [0.1, 0.15) is 0 Å². The van der Waals surface area contributed by atoms with Crippen LogP contribution in [0, 0.1) is 6.92 Å². The van der Waals surface area contributed by atoms with Crippen LogP contribution in [-0.4, -0.2) is 6.26 Å². The highest BCUT2D eigenvalue weighted by atomic mass is 32.2. The SMILES string of the molecule is C=C/C=C\C(=C(C)C)/C(=C/C(=C)Cc1ccc(Cc2ccc(C)cc2)s1)SC. The van der Waals surface area contributed by atoms with E-state index in [9.17, 15) is 0 Å². The van der Waals surface area contributed by atoms with Crippen molar-refractivity contribution in [3.05, 3.63) is 116 Å². The van der Waals surface area contributed by atoms with Gasteiger partial charge in [-0.3, -0.25) is 0 Å². The molecule has 0 fully saturated rings. The third-order valence-electron chi connectivity index (χ3n) is 4.38. The summed E-state index contributed by atoms with van der Waals surface area (Å²) in [5, 5.41) is 0. The maximum Gasteiger partial charge on any atom is 0.0144 e. The van der Waals surface area contributed by atoms with Gasteiger partial charge in [0, 0.05) is 27.5 Å². The van der Waals surface area contributed by atoms with Crippen LogP contribution >= 0.6 is 23.1 Å². The minimum absolute atomic E-state index is 0.893. The molecule has 0 atom stereocenters. The van der Waals surface area contributed by atoms with Crippen LogP contribution in [0.25, 0.3) is 0 Å². The topological polar surface area (TPSA) is 0 Å². The molecule has 0 aliphatic heterocycles. The van der Waals surface area contributed by atoms with Gasteiger partial charge in [0.2, 0.25) is 0 Å². The molecule has 0 N–H and O–H groups in total. The first kappa shape index (κ1) is 22.3. The summed E-state index contributed by atoms with van der Waals surface area (Å²) in [6.45, 7) is 14.5. The molecular weight excluding hydrogens is 376 g/mol. The Morgan fingerprint density at radius 3 is 2.36 bits per heavy atom. The van der Waals surface area contributed by atoms with Gasteiger partial charge in [-0.2, -0.15) is 0 Å². The largest absolute Gasteiger partial charge is 0.145 e. The Hall–Kier alpha value is -2.03.